The lowest BCUT2D eigenvalue weighted by atomic mass is 10.1. The number of thiophene rings is 1. The highest BCUT2D eigenvalue weighted by molar-refractivity contribution is 7.18. The van der Waals surface area contributed by atoms with Crippen LogP contribution in [-0.2, 0) is 4.74 Å². The lowest BCUT2D eigenvalue weighted by Gasteiger charge is -2.28. The molecule has 0 aliphatic carbocycles. The second-order valence-corrected chi connectivity index (χ2v) is 10.8. The van der Waals surface area contributed by atoms with E-state index in [-0.39, 0.29) is 5.91 Å². The third-order valence-corrected chi connectivity index (χ3v) is 8.28. The Kier molecular flexibility index (Phi) is 6.92. The van der Waals surface area contributed by atoms with Crippen LogP contribution in [0.1, 0.15) is 20.9 Å². The molecule has 2 fully saturated rings. The molecule has 2 N–H and O–H groups in total. The molecular weight excluding hydrogens is 498 g/mol. The van der Waals surface area contributed by atoms with Crippen LogP contribution in [0, 0.1) is 13.8 Å². The molecule has 1 aromatic carbocycles. The number of fused-ring (bicyclic) bond motifs is 1. The number of pyridine rings is 1. The number of nitrogens with zero attached hydrogens (tertiary/aromatic N) is 5. The van der Waals surface area contributed by atoms with Crippen molar-refractivity contribution < 1.29 is 9.53 Å². The lowest BCUT2D eigenvalue weighted by molar-refractivity contribution is 0.0730. The zero-order chi connectivity index (χ0) is 26.1. The maximum atomic E-state index is 13.1. The van der Waals surface area contributed by atoms with Crippen LogP contribution in [0.2, 0.25) is 0 Å². The predicted molar refractivity (Wildman–Crippen MR) is 152 cm³/mol. The first-order chi connectivity index (χ1) is 18.6. The average molecular weight is 530 g/mol. The van der Waals surface area contributed by atoms with Crippen LogP contribution >= 0.6 is 11.3 Å². The van der Waals surface area contributed by atoms with Crippen molar-refractivity contribution in [1.29, 1.82) is 0 Å². The smallest absolute Gasteiger partial charge is 0.272 e. The van der Waals surface area contributed by atoms with Gasteiger partial charge in [0.15, 0.2) is 5.82 Å². The number of anilines is 3. The molecule has 5 heterocycles. The molecule has 1 amide bonds. The first-order valence-electron chi connectivity index (χ1n) is 13.0. The number of rotatable bonds is 5. The van der Waals surface area contributed by atoms with Crippen molar-refractivity contribution in [3.63, 3.8) is 0 Å². The van der Waals surface area contributed by atoms with E-state index in [2.05, 4.69) is 58.6 Å². The number of morpholine rings is 1. The van der Waals surface area contributed by atoms with Crippen molar-refractivity contribution in [2.75, 3.05) is 62.7 Å². The fraction of sp³-hybridized carbons (Fsp3) is 0.357. The van der Waals surface area contributed by atoms with Gasteiger partial charge in [-0.15, -0.1) is 11.3 Å². The molecule has 0 radical (unpaired) electrons. The molecule has 0 spiro atoms. The zero-order valence-corrected chi connectivity index (χ0v) is 22.5. The normalized spacial score (nSPS) is 16.2. The summed E-state index contributed by atoms with van der Waals surface area (Å²) in [6, 6.07) is 12.1. The number of ether oxygens (including phenoxy) is 1. The molecule has 3 aromatic heterocycles. The number of carbonyl (C=O) groups is 1. The van der Waals surface area contributed by atoms with Gasteiger partial charge in [-0.1, -0.05) is 0 Å². The summed E-state index contributed by atoms with van der Waals surface area (Å²) in [6.07, 6.45) is 1.67. The Bertz CT molecular complexity index is 1460. The van der Waals surface area contributed by atoms with Crippen LogP contribution in [0.15, 0.2) is 42.6 Å². The quantitative estimate of drug-likeness (QED) is 0.401. The summed E-state index contributed by atoms with van der Waals surface area (Å²) in [5.41, 5.74) is 4.51. The molecule has 0 bridgehead atoms. The fourth-order valence-corrected chi connectivity index (χ4v) is 5.93. The fourth-order valence-electron chi connectivity index (χ4n) is 4.90. The Balaban J connectivity index is 1.33. The topological polar surface area (TPSA) is 95.5 Å². The Morgan fingerprint density at radius 3 is 2.55 bits per heavy atom. The van der Waals surface area contributed by atoms with Gasteiger partial charge in [0.05, 0.1) is 18.6 Å². The van der Waals surface area contributed by atoms with Crippen LogP contribution in [0.5, 0.6) is 0 Å². The van der Waals surface area contributed by atoms with Crippen molar-refractivity contribution in [3.05, 3.63) is 58.7 Å². The van der Waals surface area contributed by atoms with E-state index in [1.807, 2.05) is 11.0 Å². The van der Waals surface area contributed by atoms with Gasteiger partial charge in [0.1, 0.15) is 16.3 Å². The first-order valence-corrected chi connectivity index (χ1v) is 13.8. The average Bonchev–Trinajstić information content (AvgIpc) is 3.27. The number of benzene rings is 1. The predicted octanol–water partition coefficient (Wildman–Crippen LogP) is 4.00. The van der Waals surface area contributed by atoms with Crippen molar-refractivity contribution >= 4 is 44.7 Å². The van der Waals surface area contributed by atoms with Gasteiger partial charge in [0.25, 0.3) is 5.91 Å². The van der Waals surface area contributed by atoms with E-state index in [9.17, 15) is 4.79 Å². The highest BCUT2D eigenvalue weighted by atomic mass is 32.1. The maximum Gasteiger partial charge on any atom is 0.272 e. The van der Waals surface area contributed by atoms with Crippen molar-refractivity contribution in [3.8, 4) is 11.4 Å². The highest BCUT2D eigenvalue weighted by Gasteiger charge is 2.21. The van der Waals surface area contributed by atoms with E-state index in [0.29, 0.717) is 24.6 Å². The number of hydrogen-bond donors (Lipinski definition) is 2. The first kappa shape index (κ1) is 24.7. The number of hydrogen-bond acceptors (Lipinski definition) is 9. The van der Waals surface area contributed by atoms with Crippen molar-refractivity contribution in [2.45, 2.75) is 13.8 Å². The molecule has 2 aliphatic heterocycles. The van der Waals surface area contributed by atoms with Crippen LogP contribution < -0.4 is 15.5 Å². The standard InChI is InChI=1S/C28H31N7O2S/c1-18-19(2)38-27-24(18)26(31-21-3-5-22(6-4-21)34-13-15-37-16-14-34)32-25(33-27)20-7-8-30-23(17-20)28(36)35-11-9-29-10-12-35/h3-8,17,29H,9-16H2,1-2H3,(H,31,32,33). The molecule has 4 aromatic rings. The minimum Gasteiger partial charge on any atom is -0.378 e. The number of amides is 1. The Morgan fingerprint density at radius 1 is 1.03 bits per heavy atom. The van der Waals surface area contributed by atoms with Gasteiger partial charge in [0, 0.05) is 67.3 Å². The highest BCUT2D eigenvalue weighted by Crippen LogP contribution is 2.36. The van der Waals surface area contributed by atoms with Gasteiger partial charge in [-0.05, 0) is 55.8 Å². The molecule has 0 atom stereocenters. The van der Waals surface area contributed by atoms with Gasteiger partial charge in [-0.25, -0.2) is 9.97 Å². The zero-order valence-electron chi connectivity index (χ0n) is 21.7. The summed E-state index contributed by atoms with van der Waals surface area (Å²) in [5, 5.41) is 7.85. The molecule has 2 aliphatic rings. The van der Waals surface area contributed by atoms with Gasteiger partial charge < -0.3 is 25.2 Å². The van der Waals surface area contributed by atoms with Crippen LogP contribution in [0.3, 0.4) is 0 Å². The van der Waals surface area contributed by atoms with E-state index in [4.69, 9.17) is 14.7 Å². The second-order valence-electron chi connectivity index (χ2n) is 9.60. The molecule has 38 heavy (non-hydrogen) atoms. The second kappa shape index (κ2) is 10.6. The number of piperazine rings is 1. The number of aromatic nitrogens is 3. The van der Waals surface area contributed by atoms with Gasteiger partial charge in [-0.2, -0.15) is 0 Å². The van der Waals surface area contributed by atoms with E-state index < -0.39 is 0 Å². The van der Waals surface area contributed by atoms with Crippen LogP contribution in [0.25, 0.3) is 21.6 Å². The monoisotopic (exact) mass is 529 g/mol. The van der Waals surface area contributed by atoms with Crippen molar-refractivity contribution in [1.82, 2.24) is 25.2 Å². The Morgan fingerprint density at radius 2 is 1.79 bits per heavy atom. The molecule has 6 rings (SSSR count). The molecule has 0 saturated carbocycles. The number of carbonyl (C=O) groups excluding carboxylic acids is 1. The maximum absolute atomic E-state index is 13.1. The van der Waals surface area contributed by atoms with Crippen molar-refractivity contribution in [2.24, 2.45) is 0 Å². The number of nitrogens with one attached hydrogen (secondary N) is 2. The summed E-state index contributed by atoms with van der Waals surface area (Å²) in [6.45, 7) is 10.5. The molecule has 9 nitrogen and oxygen atoms in total. The third kappa shape index (κ3) is 4.94. The molecule has 196 valence electrons. The van der Waals surface area contributed by atoms with E-state index >= 15 is 0 Å². The minimum atomic E-state index is -0.0593. The lowest BCUT2D eigenvalue weighted by Crippen LogP contribution is -2.46. The Labute approximate surface area is 225 Å². The molecule has 10 heteroatoms. The van der Waals surface area contributed by atoms with Gasteiger partial charge >= 0.3 is 0 Å². The summed E-state index contributed by atoms with van der Waals surface area (Å²) >= 11 is 1.66. The van der Waals surface area contributed by atoms with E-state index in [1.165, 1.54) is 16.1 Å². The van der Waals surface area contributed by atoms with Gasteiger partial charge in [0.2, 0.25) is 0 Å². The summed E-state index contributed by atoms with van der Waals surface area (Å²) in [4.78, 5) is 33.6. The van der Waals surface area contributed by atoms with Crippen LogP contribution in [-0.4, -0.2) is 78.2 Å². The van der Waals surface area contributed by atoms with E-state index in [1.54, 1.807) is 23.6 Å². The SMILES string of the molecule is Cc1sc2nc(-c3ccnc(C(=O)N4CCNCC4)c3)nc(Nc3ccc(N4CCOCC4)cc3)c2c1C. The Hall–Kier alpha value is -3.60. The molecule has 0 unspecified atom stereocenters. The summed E-state index contributed by atoms with van der Waals surface area (Å²) in [7, 11) is 0. The summed E-state index contributed by atoms with van der Waals surface area (Å²) < 4.78 is 5.48. The molecule has 2 saturated heterocycles. The number of aryl methyl sites for hydroxylation is 2. The minimum absolute atomic E-state index is 0.0593. The van der Waals surface area contributed by atoms with Crippen LogP contribution in [0.4, 0.5) is 17.2 Å². The third-order valence-electron chi connectivity index (χ3n) is 7.18. The molecular formula is C28H31N7O2S. The largest absolute Gasteiger partial charge is 0.378 e. The van der Waals surface area contributed by atoms with Gasteiger partial charge in [-0.3, -0.25) is 9.78 Å². The summed E-state index contributed by atoms with van der Waals surface area (Å²) in [5.74, 6) is 1.27. The van der Waals surface area contributed by atoms with E-state index in [0.717, 1.165) is 66.7 Å².